The van der Waals surface area contributed by atoms with Gasteiger partial charge in [-0.1, -0.05) is 17.7 Å². The molecule has 1 atom stereocenters. The second-order valence-corrected chi connectivity index (χ2v) is 6.86. The Hall–Kier alpha value is -1.60. The van der Waals surface area contributed by atoms with E-state index in [1.807, 2.05) is 6.92 Å². The average Bonchev–Trinajstić information content (AvgIpc) is 2.94. The minimum atomic E-state index is -3.80. The second kappa shape index (κ2) is 7.11. The lowest BCUT2D eigenvalue weighted by molar-refractivity contribution is 0.0923. The predicted molar refractivity (Wildman–Crippen MR) is 81.1 cm³/mol. The molecule has 0 spiro atoms. The van der Waals surface area contributed by atoms with Gasteiger partial charge in [-0.3, -0.25) is 4.18 Å². The highest BCUT2D eigenvalue weighted by molar-refractivity contribution is 7.86. The third-order valence-corrected chi connectivity index (χ3v) is 4.90. The largest absolute Gasteiger partial charge is 0.450 e. The molecule has 7 heteroatoms. The fourth-order valence-electron chi connectivity index (χ4n) is 2.40. The van der Waals surface area contributed by atoms with Crippen LogP contribution in [0.3, 0.4) is 0 Å². The highest BCUT2D eigenvalue weighted by atomic mass is 32.2. The summed E-state index contributed by atoms with van der Waals surface area (Å²) in [6, 6.07) is 6.21. The maximum Gasteiger partial charge on any atom is 0.410 e. The third-order valence-electron chi connectivity index (χ3n) is 3.60. The Labute approximate surface area is 131 Å². The molecule has 1 aliphatic heterocycles. The first kappa shape index (κ1) is 16.8. The molecule has 1 aliphatic rings. The summed E-state index contributed by atoms with van der Waals surface area (Å²) >= 11 is 0. The van der Waals surface area contributed by atoms with Gasteiger partial charge < -0.3 is 9.64 Å². The zero-order valence-corrected chi connectivity index (χ0v) is 13.6. The Morgan fingerprint density at radius 1 is 1.32 bits per heavy atom. The number of ether oxygens (including phenoxy) is 1. The van der Waals surface area contributed by atoms with Crippen LogP contribution < -0.4 is 0 Å². The molecule has 22 heavy (non-hydrogen) atoms. The first-order valence-electron chi connectivity index (χ1n) is 7.33. The van der Waals surface area contributed by atoms with Gasteiger partial charge in [0.15, 0.2) is 0 Å². The van der Waals surface area contributed by atoms with Crippen LogP contribution in [-0.4, -0.2) is 45.2 Å². The lowest BCUT2D eigenvalue weighted by Gasteiger charge is -2.23. The van der Waals surface area contributed by atoms with Crippen LogP contribution in [0.25, 0.3) is 0 Å². The SMILES string of the molecule is CCOC(=O)N1CCC[C@H]1COS(=O)(=O)c1ccc(C)cc1. The van der Waals surface area contributed by atoms with Crippen molar-refractivity contribution in [3.8, 4) is 0 Å². The van der Waals surface area contributed by atoms with E-state index < -0.39 is 16.2 Å². The second-order valence-electron chi connectivity index (χ2n) is 5.24. The van der Waals surface area contributed by atoms with Crippen LogP contribution >= 0.6 is 0 Å². The molecule has 0 radical (unpaired) electrons. The summed E-state index contributed by atoms with van der Waals surface area (Å²) < 4.78 is 34.4. The van der Waals surface area contributed by atoms with Gasteiger partial charge in [0.2, 0.25) is 0 Å². The molecule has 122 valence electrons. The molecule has 6 nitrogen and oxygen atoms in total. The van der Waals surface area contributed by atoms with Gasteiger partial charge in [0, 0.05) is 6.54 Å². The molecule has 0 aliphatic carbocycles. The molecule has 1 fully saturated rings. The van der Waals surface area contributed by atoms with E-state index in [0.29, 0.717) is 19.6 Å². The molecule has 2 rings (SSSR count). The van der Waals surface area contributed by atoms with Crippen LogP contribution in [0.4, 0.5) is 4.79 Å². The summed E-state index contributed by atoms with van der Waals surface area (Å²) in [5.41, 5.74) is 0.975. The minimum Gasteiger partial charge on any atom is -0.450 e. The van der Waals surface area contributed by atoms with Crippen molar-refractivity contribution in [1.29, 1.82) is 0 Å². The number of carbonyl (C=O) groups excluding carboxylic acids is 1. The van der Waals surface area contributed by atoms with Crippen molar-refractivity contribution in [3.05, 3.63) is 29.8 Å². The molecule has 0 aromatic heterocycles. The van der Waals surface area contributed by atoms with Gasteiger partial charge in [-0.25, -0.2) is 4.79 Å². The number of nitrogens with zero attached hydrogens (tertiary/aromatic N) is 1. The highest BCUT2D eigenvalue weighted by Gasteiger charge is 2.31. The van der Waals surface area contributed by atoms with Crippen LogP contribution in [0, 0.1) is 6.92 Å². The lowest BCUT2D eigenvalue weighted by atomic mass is 10.2. The van der Waals surface area contributed by atoms with Gasteiger partial charge in [-0.2, -0.15) is 8.42 Å². The van der Waals surface area contributed by atoms with Crippen molar-refractivity contribution in [2.45, 2.75) is 37.6 Å². The van der Waals surface area contributed by atoms with E-state index in [1.54, 1.807) is 19.1 Å². The normalized spacial score (nSPS) is 18.5. The van der Waals surface area contributed by atoms with E-state index >= 15 is 0 Å². The van der Waals surface area contributed by atoms with Crippen molar-refractivity contribution in [1.82, 2.24) is 4.90 Å². The molecular weight excluding hydrogens is 306 g/mol. The summed E-state index contributed by atoms with van der Waals surface area (Å²) in [7, 11) is -3.80. The van der Waals surface area contributed by atoms with Gasteiger partial charge >= 0.3 is 6.09 Å². The van der Waals surface area contributed by atoms with Gasteiger partial charge in [-0.15, -0.1) is 0 Å². The monoisotopic (exact) mass is 327 g/mol. The van der Waals surface area contributed by atoms with Crippen LogP contribution in [-0.2, 0) is 19.0 Å². The topological polar surface area (TPSA) is 72.9 Å². The first-order chi connectivity index (χ1) is 10.4. The molecular formula is C15H21NO5S. The van der Waals surface area contributed by atoms with Crippen LogP contribution in [0.2, 0.25) is 0 Å². The minimum absolute atomic E-state index is 0.0466. The number of carbonyl (C=O) groups is 1. The summed E-state index contributed by atoms with van der Waals surface area (Å²) in [6.45, 7) is 4.44. The molecule has 1 amide bonds. The molecule has 0 N–H and O–H groups in total. The zero-order chi connectivity index (χ0) is 16.2. The van der Waals surface area contributed by atoms with Crippen molar-refractivity contribution in [3.63, 3.8) is 0 Å². The molecule has 0 saturated carbocycles. The molecule has 0 unspecified atom stereocenters. The maximum atomic E-state index is 12.1. The third kappa shape index (κ3) is 3.98. The Morgan fingerprint density at radius 3 is 2.64 bits per heavy atom. The number of benzene rings is 1. The van der Waals surface area contributed by atoms with E-state index in [4.69, 9.17) is 8.92 Å². The van der Waals surface area contributed by atoms with E-state index in [0.717, 1.165) is 12.0 Å². The summed E-state index contributed by atoms with van der Waals surface area (Å²) in [5, 5.41) is 0. The Balaban J connectivity index is 1.99. The number of hydrogen-bond acceptors (Lipinski definition) is 5. The number of likely N-dealkylation sites (tertiary alicyclic amines) is 1. The maximum absolute atomic E-state index is 12.1. The lowest BCUT2D eigenvalue weighted by Crippen LogP contribution is -2.39. The van der Waals surface area contributed by atoms with Gasteiger partial charge in [0.1, 0.15) is 0 Å². The summed E-state index contributed by atoms with van der Waals surface area (Å²) in [5.74, 6) is 0. The van der Waals surface area contributed by atoms with E-state index in [9.17, 15) is 13.2 Å². The van der Waals surface area contributed by atoms with E-state index in [1.165, 1.54) is 17.0 Å². The van der Waals surface area contributed by atoms with E-state index in [-0.39, 0.29) is 17.5 Å². The quantitative estimate of drug-likeness (QED) is 0.776. The molecule has 1 aromatic carbocycles. The molecule has 1 saturated heterocycles. The first-order valence-corrected chi connectivity index (χ1v) is 8.74. The fourth-order valence-corrected chi connectivity index (χ4v) is 3.34. The number of amides is 1. The van der Waals surface area contributed by atoms with Crippen molar-refractivity contribution >= 4 is 16.2 Å². The summed E-state index contributed by atoms with van der Waals surface area (Å²) in [4.78, 5) is 13.4. The number of aryl methyl sites for hydroxylation is 1. The molecule has 1 heterocycles. The highest BCUT2D eigenvalue weighted by Crippen LogP contribution is 2.21. The van der Waals surface area contributed by atoms with Crippen molar-refractivity contribution < 1.29 is 22.1 Å². The van der Waals surface area contributed by atoms with Crippen LogP contribution in [0.5, 0.6) is 0 Å². The predicted octanol–water partition coefficient (Wildman–Crippen LogP) is 2.32. The Kier molecular flexibility index (Phi) is 5.42. The van der Waals surface area contributed by atoms with Crippen molar-refractivity contribution in [2.24, 2.45) is 0 Å². The Morgan fingerprint density at radius 2 is 2.00 bits per heavy atom. The smallest absolute Gasteiger partial charge is 0.410 e. The van der Waals surface area contributed by atoms with Crippen molar-refractivity contribution in [2.75, 3.05) is 19.8 Å². The zero-order valence-electron chi connectivity index (χ0n) is 12.8. The standard InChI is InChI=1S/C15H21NO5S/c1-3-20-15(17)16-10-4-5-13(16)11-21-22(18,19)14-8-6-12(2)7-9-14/h6-9,13H,3-5,10-11H2,1-2H3/t13-/m0/s1. The van der Waals surface area contributed by atoms with Gasteiger partial charge in [0.05, 0.1) is 24.2 Å². The average molecular weight is 327 g/mol. The van der Waals surface area contributed by atoms with Gasteiger partial charge in [-0.05, 0) is 38.8 Å². The number of hydrogen-bond donors (Lipinski definition) is 0. The van der Waals surface area contributed by atoms with E-state index in [2.05, 4.69) is 0 Å². The van der Waals surface area contributed by atoms with Crippen LogP contribution in [0.1, 0.15) is 25.3 Å². The fraction of sp³-hybridized carbons (Fsp3) is 0.533. The van der Waals surface area contributed by atoms with Gasteiger partial charge in [0.25, 0.3) is 10.1 Å². The molecule has 0 bridgehead atoms. The van der Waals surface area contributed by atoms with Crippen LogP contribution in [0.15, 0.2) is 29.2 Å². The molecule has 1 aromatic rings. The summed E-state index contributed by atoms with van der Waals surface area (Å²) in [6.07, 6.45) is 1.11. The number of rotatable bonds is 5. The Bertz CT molecular complexity index is 611.